The molecular weight excluding hydrogens is 362 g/mol. The molecule has 0 spiro atoms. The summed E-state index contributed by atoms with van der Waals surface area (Å²) in [6.45, 7) is 1.54. The zero-order valence-corrected chi connectivity index (χ0v) is 15.0. The predicted molar refractivity (Wildman–Crippen MR) is 98.8 cm³/mol. The van der Waals surface area contributed by atoms with Crippen molar-refractivity contribution in [2.45, 2.75) is 19.3 Å². The van der Waals surface area contributed by atoms with Crippen LogP contribution in [0.3, 0.4) is 0 Å². The first-order valence-corrected chi connectivity index (χ1v) is 9.14. The second-order valence-electron chi connectivity index (χ2n) is 5.59. The molecule has 0 aromatic heterocycles. The Balaban J connectivity index is 1.73. The Morgan fingerprint density at radius 1 is 1.32 bits per heavy atom. The molecule has 3 rings (SSSR count). The van der Waals surface area contributed by atoms with Crippen molar-refractivity contribution in [2.24, 2.45) is 0 Å². The average Bonchev–Trinajstić information content (AvgIpc) is 2.76. The normalized spacial score (nSPS) is 18.6. The Hall–Kier alpha value is -2.06. The summed E-state index contributed by atoms with van der Waals surface area (Å²) in [6, 6.07) is 5.54. The molecule has 2 heterocycles. The minimum Gasteiger partial charge on any atom is -0.490 e. The highest BCUT2D eigenvalue weighted by Crippen LogP contribution is 2.35. The quantitative estimate of drug-likeness (QED) is 0.623. The second kappa shape index (κ2) is 7.88. The van der Waals surface area contributed by atoms with Gasteiger partial charge in [0.2, 0.25) is 0 Å². The van der Waals surface area contributed by atoms with E-state index in [1.807, 2.05) is 18.2 Å². The van der Waals surface area contributed by atoms with Gasteiger partial charge in [0.1, 0.15) is 4.32 Å². The van der Waals surface area contributed by atoms with E-state index >= 15 is 0 Å². The SMILES string of the molecule is O=C(O)CCCN1C(=O)C(=Cc2ccc3c(c2)OCCCO3)SC1=S. The lowest BCUT2D eigenvalue weighted by Gasteiger charge is -2.13. The summed E-state index contributed by atoms with van der Waals surface area (Å²) in [5.74, 6) is 0.305. The smallest absolute Gasteiger partial charge is 0.303 e. The molecule has 0 saturated carbocycles. The van der Waals surface area contributed by atoms with E-state index in [9.17, 15) is 9.59 Å². The Morgan fingerprint density at radius 2 is 2.08 bits per heavy atom. The van der Waals surface area contributed by atoms with Gasteiger partial charge in [-0.25, -0.2) is 0 Å². The van der Waals surface area contributed by atoms with Gasteiger partial charge in [0.25, 0.3) is 5.91 Å². The number of aliphatic carboxylic acids is 1. The zero-order valence-electron chi connectivity index (χ0n) is 13.4. The van der Waals surface area contributed by atoms with Gasteiger partial charge in [-0.1, -0.05) is 30.0 Å². The molecule has 1 saturated heterocycles. The monoisotopic (exact) mass is 379 g/mol. The van der Waals surface area contributed by atoms with Crippen LogP contribution in [0.15, 0.2) is 23.1 Å². The molecule has 0 radical (unpaired) electrons. The first-order chi connectivity index (χ1) is 12.0. The van der Waals surface area contributed by atoms with Crippen LogP contribution in [0.25, 0.3) is 6.08 Å². The maximum absolute atomic E-state index is 12.5. The maximum atomic E-state index is 12.5. The molecule has 0 bridgehead atoms. The van der Waals surface area contributed by atoms with Crippen molar-refractivity contribution in [1.29, 1.82) is 0 Å². The Bertz CT molecular complexity index is 747. The summed E-state index contributed by atoms with van der Waals surface area (Å²) < 4.78 is 11.7. The van der Waals surface area contributed by atoms with E-state index in [2.05, 4.69) is 0 Å². The van der Waals surface area contributed by atoms with Crippen LogP contribution < -0.4 is 9.47 Å². The molecule has 1 amide bonds. The molecule has 25 heavy (non-hydrogen) atoms. The molecule has 0 atom stereocenters. The largest absolute Gasteiger partial charge is 0.490 e. The van der Waals surface area contributed by atoms with Crippen LogP contribution in [0.4, 0.5) is 0 Å². The molecule has 2 aliphatic rings. The van der Waals surface area contributed by atoms with Crippen molar-refractivity contribution in [1.82, 2.24) is 4.90 Å². The number of carbonyl (C=O) groups excluding carboxylic acids is 1. The van der Waals surface area contributed by atoms with Crippen molar-refractivity contribution in [2.75, 3.05) is 19.8 Å². The minimum atomic E-state index is -0.881. The summed E-state index contributed by atoms with van der Waals surface area (Å²) in [7, 11) is 0. The van der Waals surface area contributed by atoms with Gasteiger partial charge in [0.05, 0.1) is 18.1 Å². The molecule has 0 unspecified atom stereocenters. The van der Waals surface area contributed by atoms with Crippen LogP contribution in [0, 0.1) is 0 Å². The van der Waals surface area contributed by atoms with E-state index in [0.29, 0.717) is 46.9 Å². The zero-order chi connectivity index (χ0) is 17.8. The molecule has 1 N–H and O–H groups in total. The number of hydrogen-bond donors (Lipinski definition) is 1. The number of rotatable bonds is 5. The molecule has 132 valence electrons. The molecule has 1 fully saturated rings. The van der Waals surface area contributed by atoms with Crippen LogP contribution in [0.5, 0.6) is 11.5 Å². The lowest BCUT2D eigenvalue weighted by atomic mass is 10.2. The molecule has 1 aromatic rings. The molecular formula is C17H17NO5S2. The van der Waals surface area contributed by atoms with Crippen LogP contribution >= 0.6 is 24.0 Å². The van der Waals surface area contributed by atoms with Crippen molar-refractivity contribution in [3.63, 3.8) is 0 Å². The van der Waals surface area contributed by atoms with Gasteiger partial charge in [0, 0.05) is 19.4 Å². The van der Waals surface area contributed by atoms with Crippen LogP contribution in [0.1, 0.15) is 24.8 Å². The number of nitrogens with zero attached hydrogens (tertiary/aromatic N) is 1. The molecule has 2 aliphatic heterocycles. The molecule has 6 nitrogen and oxygen atoms in total. The van der Waals surface area contributed by atoms with Gasteiger partial charge in [-0.2, -0.15) is 0 Å². The van der Waals surface area contributed by atoms with Gasteiger partial charge in [-0.3, -0.25) is 14.5 Å². The lowest BCUT2D eigenvalue weighted by Crippen LogP contribution is -2.29. The van der Waals surface area contributed by atoms with Crippen molar-refractivity contribution in [3.8, 4) is 11.5 Å². The average molecular weight is 379 g/mol. The number of hydrogen-bond acceptors (Lipinski definition) is 6. The Labute approximate surface area is 154 Å². The number of thiocarbonyl (C=S) groups is 1. The number of carboxylic acid groups (broad SMARTS) is 1. The fourth-order valence-corrected chi connectivity index (χ4v) is 3.81. The minimum absolute atomic E-state index is 0.0122. The highest BCUT2D eigenvalue weighted by Gasteiger charge is 2.31. The van der Waals surface area contributed by atoms with E-state index < -0.39 is 5.97 Å². The number of carboxylic acids is 1. The van der Waals surface area contributed by atoms with Gasteiger partial charge >= 0.3 is 5.97 Å². The fraction of sp³-hybridized carbons (Fsp3) is 0.353. The number of ether oxygens (including phenoxy) is 2. The summed E-state index contributed by atoms with van der Waals surface area (Å²) in [5.41, 5.74) is 0.829. The molecule has 0 aliphatic carbocycles. The van der Waals surface area contributed by atoms with Gasteiger partial charge < -0.3 is 14.6 Å². The van der Waals surface area contributed by atoms with Gasteiger partial charge in [-0.15, -0.1) is 0 Å². The molecule has 8 heteroatoms. The fourth-order valence-electron chi connectivity index (χ4n) is 2.50. The van der Waals surface area contributed by atoms with Crippen LogP contribution in [0.2, 0.25) is 0 Å². The van der Waals surface area contributed by atoms with Crippen molar-refractivity contribution >= 4 is 46.3 Å². The number of amides is 1. The van der Waals surface area contributed by atoms with E-state index in [4.69, 9.17) is 26.8 Å². The third-order valence-electron chi connectivity index (χ3n) is 3.72. The third-order valence-corrected chi connectivity index (χ3v) is 5.09. The first-order valence-electron chi connectivity index (χ1n) is 7.91. The molecule has 1 aromatic carbocycles. The third kappa shape index (κ3) is 4.32. The number of benzene rings is 1. The Morgan fingerprint density at radius 3 is 2.84 bits per heavy atom. The second-order valence-corrected chi connectivity index (χ2v) is 7.26. The summed E-state index contributed by atoms with van der Waals surface area (Å²) in [4.78, 5) is 25.1. The first kappa shape index (κ1) is 17.8. The predicted octanol–water partition coefficient (Wildman–Crippen LogP) is 2.91. The lowest BCUT2D eigenvalue weighted by molar-refractivity contribution is -0.137. The van der Waals surface area contributed by atoms with E-state index in [1.54, 1.807) is 6.08 Å². The van der Waals surface area contributed by atoms with Crippen molar-refractivity contribution in [3.05, 3.63) is 28.7 Å². The van der Waals surface area contributed by atoms with Crippen LogP contribution in [-0.2, 0) is 9.59 Å². The number of carbonyl (C=O) groups is 2. The number of fused-ring (bicyclic) bond motifs is 1. The highest BCUT2D eigenvalue weighted by atomic mass is 32.2. The topological polar surface area (TPSA) is 76.1 Å². The summed E-state index contributed by atoms with van der Waals surface area (Å²) in [5, 5.41) is 8.71. The van der Waals surface area contributed by atoms with E-state index in [1.165, 1.54) is 16.7 Å². The summed E-state index contributed by atoms with van der Waals surface area (Å²) >= 11 is 6.47. The standard InChI is InChI=1S/C17H17NO5S2/c19-15(20)3-1-6-18-16(21)14(25-17(18)24)10-11-4-5-12-13(9-11)23-8-2-7-22-12/h4-5,9-10H,1-3,6-8H2,(H,19,20). The van der Waals surface area contributed by atoms with E-state index in [0.717, 1.165) is 12.0 Å². The maximum Gasteiger partial charge on any atom is 0.303 e. The van der Waals surface area contributed by atoms with Gasteiger partial charge in [-0.05, 0) is 30.2 Å². The Kier molecular flexibility index (Phi) is 5.60. The van der Waals surface area contributed by atoms with E-state index in [-0.39, 0.29) is 12.3 Å². The van der Waals surface area contributed by atoms with Crippen molar-refractivity contribution < 1.29 is 24.2 Å². The highest BCUT2D eigenvalue weighted by molar-refractivity contribution is 8.26. The van der Waals surface area contributed by atoms with Crippen LogP contribution in [-0.4, -0.2) is 46.0 Å². The summed E-state index contributed by atoms with van der Waals surface area (Å²) in [6.07, 6.45) is 2.99. The number of thioether (sulfide) groups is 1. The van der Waals surface area contributed by atoms with Gasteiger partial charge in [0.15, 0.2) is 11.5 Å².